The van der Waals surface area contributed by atoms with Crippen LogP contribution in [0.15, 0.2) is 0 Å². The Kier molecular flexibility index (Phi) is 11.7. The first-order valence-corrected chi connectivity index (χ1v) is 15.5. The number of unbranched alkanes of at least 4 members (excludes halogenated alkanes) is 1. The molecule has 10 nitrogen and oxygen atoms in total. The largest absolute Gasteiger partial charge is 0.462 e. The lowest BCUT2D eigenvalue weighted by molar-refractivity contribution is -0.307. The van der Waals surface area contributed by atoms with E-state index in [0.717, 1.165) is 0 Å². The lowest BCUT2D eigenvalue weighted by Gasteiger charge is -2.53. The van der Waals surface area contributed by atoms with E-state index in [-0.39, 0.29) is 72.4 Å². The quantitative estimate of drug-likeness (QED) is 0.219. The van der Waals surface area contributed by atoms with Gasteiger partial charge in [-0.2, -0.15) is 10.1 Å². The van der Waals surface area contributed by atoms with Crippen molar-refractivity contribution in [2.75, 3.05) is 13.2 Å². The van der Waals surface area contributed by atoms with E-state index in [1.54, 1.807) is 27.7 Å². The Morgan fingerprint density at radius 1 is 0.619 bits per heavy atom. The topological polar surface area (TPSA) is 118 Å². The number of carbonyl (C=O) groups excluding carboxylic acids is 2. The number of piperidine rings is 2. The average Bonchev–Trinajstić information content (AvgIpc) is 2.71. The minimum absolute atomic E-state index is 0.180. The van der Waals surface area contributed by atoms with Crippen molar-refractivity contribution in [2.24, 2.45) is 0 Å². The molecule has 2 fully saturated rings. The van der Waals surface area contributed by atoms with Crippen molar-refractivity contribution in [1.29, 1.82) is 0 Å². The molecule has 0 aromatic carbocycles. The number of esters is 2. The maximum absolute atomic E-state index is 12.7. The van der Waals surface area contributed by atoms with Gasteiger partial charge in [0.25, 0.3) is 0 Å². The molecule has 0 saturated carbocycles. The van der Waals surface area contributed by atoms with Crippen LogP contribution in [0.2, 0.25) is 0 Å². The van der Waals surface area contributed by atoms with E-state index >= 15 is 0 Å². The lowest BCUT2D eigenvalue weighted by atomic mass is 9.80. The van der Waals surface area contributed by atoms with E-state index in [1.165, 1.54) is 0 Å². The highest BCUT2D eigenvalue weighted by Gasteiger charge is 2.49. The molecule has 0 spiro atoms. The summed E-state index contributed by atoms with van der Waals surface area (Å²) < 4.78 is 11.7. The molecule has 2 aliphatic rings. The third-order valence-electron chi connectivity index (χ3n) is 7.81. The molecular formula is C32H60N2O8. The molecule has 0 aromatic rings. The monoisotopic (exact) mass is 600 g/mol. The number of aliphatic hydroxyl groups is 2. The highest BCUT2D eigenvalue weighted by molar-refractivity contribution is 5.71. The number of hydrogen-bond donors (Lipinski definition) is 2. The molecule has 2 rings (SSSR count). The van der Waals surface area contributed by atoms with Crippen molar-refractivity contribution in [1.82, 2.24) is 10.1 Å². The number of carbonyl (C=O) groups is 2. The first-order valence-electron chi connectivity index (χ1n) is 15.5. The van der Waals surface area contributed by atoms with E-state index in [4.69, 9.17) is 19.1 Å². The second-order valence-electron chi connectivity index (χ2n) is 16.3. The van der Waals surface area contributed by atoms with E-state index < -0.39 is 11.2 Å². The zero-order chi connectivity index (χ0) is 32.4. The van der Waals surface area contributed by atoms with Crippen LogP contribution in [0.3, 0.4) is 0 Å². The van der Waals surface area contributed by atoms with Crippen LogP contribution in [0.4, 0.5) is 0 Å². The molecular weight excluding hydrogens is 540 g/mol. The molecule has 0 radical (unpaired) electrons. The van der Waals surface area contributed by atoms with Gasteiger partial charge in [0.05, 0.1) is 24.4 Å². The SMILES string of the molecule is CC(C)(O)CON1C(C)(C)CC(OC(=O)CCCCC(=O)OC2CC(C)(C)N(OCC(C)(C)O)C(C)(C)C2)CC1(C)C. The first kappa shape index (κ1) is 36.9. The molecule has 0 aromatic heterocycles. The van der Waals surface area contributed by atoms with Crippen molar-refractivity contribution in [3.05, 3.63) is 0 Å². The number of hydrogen-bond acceptors (Lipinski definition) is 10. The molecule has 2 aliphatic heterocycles. The molecule has 2 saturated heterocycles. The van der Waals surface area contributed by atoms with Gasteiger partial charge in [-0.3, -0.25) is 19.3 Å². The molecule has 0 aliphatic carbocycles. The molecule has 0 amide bonds. The Morgan fingerprint density at radius 3 is 1.12 bits per heavy atom. The zero-order valence-electron chi connectivity index (χ0n) is 28.5. The molecule has 42 heavy (non-hydrogen) atoms. The summed E-state index contributed by atoms with van der Waals surface area (Å²) in [6.45, 7) is 23.6. The van der Waals surface area contributed by atoms with Gasteiger partial charge in [-0.25, -0.2) is 0 Å². The predicted molar refractivity (Wildman–Crippen MR) is 161 cm³/mol. The van der Waals surface area contributed by atoms with Gasteiger partial charge in [-0.05, 0) is 95.9 Å². The lowest BCUT2D eigenvalue weighted by Crippen LogP contribution is -2.62. The Balaban J connectivity index is 1.78. The second-order valence-corrected chi connectivity index (χ2v) is 16.3. The predicted octanol–water partition coefficient (Wildman–Crippen LogP) is 5.08. The van der Waals surface area contributed by atoms with Gasteiger partial charge in [0.15, 0.2) is 0 Å². The molecule has 0 atom stereocenters. The van der Waals surface area contributed by atoms with Crippen LogP contribution >= 0.6 is 0 Å². The van der Waals surface area contributed by atoms with E-state index in [2.05, 4.69) is 55.4 Å². The highest BCUT2D eigenvalue weighted by atomic mass is 16.7. The van der Waals surface area contributed by atoms with E-state index in [9.17, 15) is 19.8 Å². The molecule has 10 heteroatoms. The van der Waals surface area contributed by atoms with Gasteiger partial charge in [-0.1, -0.05) is 0 Å². The molecule has 246 valence electrons. The fraction of sp³-hybridized carbons (Fsp3) is 0.938. The van der Waals surface area contributed by atoms with Crippen LogP contribution in [0, 0.1) is 0 Å². The van der Waals surface area contributed by atoms with Crippen molar-refractivity contribution < 1.29 is 39.0 Å². The first-order chi connectivity index (χ1) is 18.8. The van der Waals surface area contributed by atoms with Crippen LogP contribution in [-0.4, -0.2) is 91.1 Å². The summed E-state index contributed by atoms with van der Waals surface area (Å²) in [5, 5.41) is 24.1. The number of nitrogens with zero attached hydrogens (tertiary/aromatic N) is 2. The Bertz CT molecular complexity index is 806. The maximum atomic E-state index is 12.7. The van der Waals surface area contributed by atoms with Crippen molar-refractivity contribution in [3.8, 4) is 0 Å². The fourth-order valence-electron chi connectivity index (χ4n) is 6.68. The standard InChI is InChI=1S/C32H60N2O8/c1-27(2)17-23(18-28(3,4)33(27)39-21-31(9,10)37)41-25(35)15-13-14-16-26(36)42-24-19-29(5,6)34(30(7,8)20-24)40-22-32(11,12)38/h23-24,37-38H,13-22H2,1-12H3. The smallest absolute Gasteiger partial charge is 0.306 e. The van der Waals surface area contributed by atoms with E-state index in [1.807, 2.05) is 10.1 Å². The minimum atomic E-state index is -0.945. The summed E-state index contributed by atoms with van der Waals surface area (Å²) in [7, 11) is 0. The number of rotatable bonds is 13. The summed E-state index contributed by atoms with van der Waals surface area (Å²) in [5.41, 5.74) is -3.43. The molecule has 0 bridgehead atoms. The number of ether oxygens (including phenoxy) is 2. The van der Waals surface area contributed by atoms with Gasteiger partial charge in [0, 0.05) is 60.7 Å². The van der Waals surface area contributed by atoms with Crippen LogP contribution in [0.25, 0.3) is 0 Å². The van der Waals surface area contributed by atoms with Gasteiger partial charge in [0.1, 0.15) is 12.2 Å². The number of hydroxylamine groups is 4. The van der Waals surface area contributed by atoms with Crippen LogP contribution in [0.5, 0.6) is 0 Å². The highest BCUT2D eigenvalue weighted by Crippen LogP contribution is 2.41. The summed E-state index contributed by atoms with van der Waals surface area (Å²) in [6, 6.07) is 0. The Morgan fingerprint density at radius 2 is 0.881 bits per heavy atom. The Hall–Kier alpha value is -1.30. The summed E-state index contributed by atoms with van der Waals surface area (Å²) >= 11 is 0. The van der Waals surface area contributed by atoms with Crippen LogP contribution in [0.1, 0.15) is 134 Å². The Labute approximate surface area is 254 Å². The van der Waals surface area contributed by atoms with Gasteiger partial charge >= 0.3 is 11.9 Å². The zero-order valence-corrected chi connectivity index (χ0v) is 28.5. The molecule has 2 N–H and O–H groups in total. The van der Waals surface area contributed by atoms with Crippen molar-refractivity contribution in [2.45, 2.75) is 180 Å². The summed E-state index contributed by atoms with van der Waals surface area (Å²) in [4.78, 5) is 37.4. The van der Waals surface area contributed by atoms with E-state index in [0.29, 0.717) is 38.5 Å². The average molecular weight is 601 g/mol. The third kappa shape index (κ3) is 11.3. The second kappa shape index (κ2) is 13.4. The minimum Gasteiger partial charge on any atom is -0.462 e. The van der Waals surface area contributed by atoms with Gasteiger partial charge in [-0.15, -0.1) is 0 Å². The van der Waals surface area contributed by atoms with Crippen LogP contribution < -0.4 is 0 Å². The van der Waals surface area contributed by atoms with Crippen LogP contribution in [-0.2, 0) is 28.7 Å². The maximum Gasteiger partial charge on any atom is 0.306 e. The van der Waals surface area contributed by atoms with Crippen molar-refractivity contribution in [3.63, 3.8) is 0 Å². The molecule has 0 unspecified atom stereocenters. The van der Waals surface area contributed by atoms with Gasteiger partial charge in [0.2, 0.25) is 0 Å². The van der Waals surface area contributed by atoms with Crippen molar-refractivity contribution >= 4 is 11.9 Å². The summed E-state index contributed by atoms with van der Waals surface area (Å²) in [6.07, 6.45) is 3.61. The molecule has 2 heterocycles. The third-order valence-corrected chi connectivity index (χ3v) is 7.81. The fourth-order valence-corrected chi connectivity index (χ4v) is 6.68. The summed E-state index contributed by atoms with van der Waals surface area (Å²) in [5.74, 6) is -0.513. The normalized spacial score (nSPS) is 23.5. The van der Waals surface area contributed by atoms with Gasteiger partial charge < -0.3 is 19.7 Å².